The molecule has 6 amide bonds. The van der Waals surface area contributed by atoms with E-state index >= 15 is 0 Å². The van der Waals surface area contributed by atoms with E-state index in [2.05, 4.69) is 31.9 Å². The molecule has 0 radical (unpaired) electrons. The molecule has 0 saturated carbocycles. The predicted octanol–water partition coefficient (Wildman–Crippen LogP) is -1.70. The first kappa shape index (κ1) is 52.7. The highest BCUT2D eigenvalue weighted by molar-refractivity contribution is 6.08. The number of carbonyl (C=O) groups is 6. The Hall–Kier alpha value is -5.46. The van der Waals surface area contributed by atoms with E-state index in [1.807, 2.05) is 0 Å². The van der Waals surface area contributed by atoms with Gasteiger partial charge in [0, 0.05) is 54.4 Å². The van der Waals surface area contributed by atoms with Crippen LogP contribution in [0.2, 0.25) is 0 Å². The number of benzene rings is 2. The summed E-state index contributed by atoms with van der Waals surface area (Å²) >= 11 is 0. The Balaban J connectivity index is 2.30. The zero-order chi connectivity index (χ0) is 47.0. The lowest BCUT2D eigenvalue weighted by Gasteiger charge is -2.23. The molecule has 0 saturated heterocycles. The van der Waals surface area contributed by atoms with E-state index in [1.165, 1.54) is 41.5 Å². The molecule has 2 aromatic carbocycles. The number of carbonyl (C=O) groups excluding carboxylic acids is 6. The van der Waals surface area contributed by atoms with Crippen molar-refractivity contribution < 1.29 is 79.1 Å². The lowest BCUT2D eigenvalue weighted by Crippen LogP contribution is -2.37. The summed E-state index contributed by atoms with van der Waals surface area (Å²) in [6, 6.07) is 0. The van der Waals surface area contributed by atoms with Gasteiger partial charge in [-0.1, -0.05) is 6.92 Å². The molecule has 0 spiro atoms. The van der Waals surface area contributed by atoms with Gasteiger partial charge >= 0.3 is 12.2 Å². The summed E-state index contributed by atoms with van der Waals surface area (Å²) in [7, 11) is 0. The summed E-state index contributed by atoms with van der Waals surface area (Å²) in [4.78, 5) is 79.5. The summed E-state index contributed by atoms with van der Waals surface area (Å²) in [5.74, 6) is -3.55. The number of aliphatic hydroxyl groups excluding tert-OH is 8. The summed E-state index contributed by atoms with van der Waals surface area (Å²) in [5.41, 5.74) is 1.23. The van der Waals surface area contributed by atoms with Crippen molar-refractivity contribution in [3.8, 4) is 0 Å². The normalized spacial score (nSPS) is 13.5. The SMILES string of the molecule is Cc1c(NC(=O)OCC(C)COC(=O)Nc2c(C)c(C(=O)NCC(O)CO)c(C)c(C(=O)NCC(O)CO)c2C)c(C)c(C(=O)NCC(O)CO)c(C)c1C(=O)NCC(O)CO. The van der Waals surface area contributed by atoms with Crippen molar-refractivity contribution in [3.05, 3.63) is 55.6 Å². The van der Waals surface area contributed by atoms with E-state index in [1.54, 1.807) is 6.92 Å². The Labute approximate surface area is 358 Å². The summed E-state index contributed by atoms with van der Waals surface area (Å²) in [6.07, 6.45) is -7.12. The zero-order valence-electron chi connectivity index (χ0n) is 35.8. The number of hydrogen-bond donors (Lipinski definition) is 14. The van der Waals surface area contributed by atoms with E-state index < -0.39 is 92.6 Å². The molecule has 0 aliphatic rings. The predicted molar refractivity (Wildman–Crippen MR) is 222 cm³/mol. The van der Waals surface area contributed by atoms with Crippen LogP contribution >= 0.6 is 0 Å². The van der Waals surface area contributed by atoms with Crippen molar-refractivity contribution in [2.24, 2.45) is 5.92 Å². The highest BCUT2D eigenvalue weighted by atomic mass is 16.6. The molecule has 0 fully saturated rings. The average Bonchev–Trinajstić information content (AvgIpc) is 3.24. The molecule has 4 atom stereocenters. The second-order valence-corrected chi connectivity index (χ2v) is 14.7. The topological polar surface area (TPSA) is 355 Å². The van der Waals surface area contributed by atoms with Crippen LogP contribution in [0.25, 0.3) is 0 Å². The minimum Gasteiger partial charge on any atom is -0.449 e. The molecule has 14 N–H and O–H groups in total. The van der Waals surface area contributed by atoms with Gasteiger partial charge in [-0.2, -0.15) is 0 Å². The summed E-state index contributed by atoms with van der Waals surface area (Å²) in [5, 5.41) is 90.8. The van der Waals surface area contributed by atoms with Crippen molar-refractivity contribution in [2.45, 2.75) is 72.9 Å². The maximum absolute atomic E-state index is 13.3. The average molecular weight is 881 g/mol. The Bertz CT molecular complexity index is 1700. The first-order valence-corrected chi connectivity index (χ1v) is 19.6. The number of hydrogen-bond acceptors (Lipinski definition) is 16. The van der Waals surface area contributed by atoms with Crippen molar-refractivity contribution in [1.82, 2.24) is 21.3 Å². The number of anilines is 2. The molecular weight excluding hydrogens is 820 g/mol. The molecule has 0 aromatic heterocycles. The molecule has 4 unspecified atom stereocenters. The van der Waals surface area contributed by atoms with E-state index in [-0.39, 0.29) is 106 Å². The largest absolute Gasteiger partial charge is 0.449 e. The van der Waals surface area contributed by atoms with Crippen molar-refractivity contribution in [1.29, 1.82) is 0 Å². The molecule has 62 heavy (non-hydrogen) atoms. The fourth-order valence-electron chi connectivity index (χ4n) is 6.39. The van der Waals surface area contributed by atoms with Gasteiger partial charge in [-0.3, -0.25) is 29.8 Å². The van der Waals surface area contributed by atoms with Gasteiger partial charge in [-0.15, -0.1) is 0 Å². The maximum atomic E-state index is 13.3. The summed E-state index contributed by atoms with van der Waals surface area (Å²) in [6.45, 7) is 6.13. The van der Waals surface area contributed by atoms with Crippen LogP contribution in [0.5, 0.6) is 0 Å². The van der Waals surface area contributed by atoms with Crippen LogP contribution in [0, 0.1) is 47.5 Å². The first-order valence-electron chi connectivity index (χ1n) is 19.6. The number of ether oxygens (including phenoxy) is 2. The monoisotopic (exact) mass is 880 g/mol. The van der Waals surface area contributed by atoms with Gasteiger partial charge in [0.2, 0.25) is 0 Å². The molecule has 346 valence electrons. The molecule has 22 nitrogen and oxygen atoms in total. The number of nitrogens with one attached hydrogen (secondary N) is 6. The highest BCUT2D eigenvalue weighted by Crippen LogP contribution is 2.33. The third-order valence-electron chi connectivity index (χ3n) is 9.70. The number of amides is 6. The number of aliphatic hydroxyl groups is 8. The van der Waals surface area contributed by atoms with Crippen LogP contribution in [-0.2, 0) is 9.47 Å². The fourth-order valence-corrected chi connectivity index (χ4v) is 6.39. The molecule has 0 aliphatic carbocycles. The smallest absolute Gasteiger partial charge is 0.411 e. The Morgan fingerprint density at radius 3 is 0.871 bits per heavy atom. The minimum absolute atomic E-state index is 0.0304. The molecule has 2 rings (SSSR count). The van der Waals surface area contributed by atoms with Crippen LogP contribution in [0.4, 0.5) is 21.0 Å². The third-order valence-corrected chi connectivity index (χ3v) is 9.70. The molecular formula is C40H60N6O16. The van der Waals surface area contributed by atoms with Crippen LogP contribution < -0.4 is 31.9 Å². The van der Waals surface area contributed by atoms with E-state index in [4.69, 9.17) is 9.47 Å². The van der Waals surface area contributed by atoms with Crippen LogP contribution in [0.3, 0.4) is 0 Å². The molecule has 0 heterocycles. The third kappa shape index (κ3) is 14.3. The minimum atomic E-state index is -1.27. The van der Waals surface area contributed by atoms with Crippen molar-refractivity contribution in [3.63, 3.8) is 0 Å². The van der Waals surface area contributed by atoms with E-state index in [0.29, 0.717) is 0 Å². The number of rotatable bonds is 22. The van der Waals surface area contributed by atoms with Gasteiger partial charge < -0.3 is 71.6 Å². The van der Waals surface area contributed by atoms with Crippen LogP contribution in [0.15, 0.2) is 0 Å². The Kier molecular flexibility index (Phi) is 21.1. The van der Waals surface area contributed by atoms with Gasteiger partial charge in [0.05, 0.1) is 75.4 Å². The second-order valence-electron chi connectivity index (χ2n) is 14.7. The zero-order valence-corrected chi connectivity index (χ0v) is 35.8. The van der Waals surface area contributed by atoms with E-state index in [0.717, 1.165) is 0 Å². The van der Waals surface area contributed by atoms with Gasteiger partial charge in [0.25, 0.3) is 23.6 Å². The van der Waals surface area contributed by atoms with Crippen LogP contribution in [-0.4, -0.2) is 167 Å². The summed E-state index contributed by atoms with van der Waals surface area (Å²) < 4.78 is 10.8. The maximum Gasteiger partial charge on any atom is 0.411 e. The molecule has 0 bridgehead atoms. The molecule has 0 aliphatic heterocycles. The van der Waals surface area contributed by atoms with Gasteiger partial charge in [0.1, 0.15) is 0 Å². The van der Waals surface area contributed by atoms with Gasteiger partial charge in [-0.05, 0) is 74.9 Å². The van der Waals surface area contributed by atoms with Crippen LogP contribution in [0.1, 0.15) is 81.7 Å². The molecule has 2 aromatic rings. The second kappa shape index (κ2) is 24.8. The molecule has 22 heteroatoms. The van der Waals surface area contributed by atoms with Crippen molar-refractivity contribution >= 4 is 47.2 Å². The fraction of sp³-hybridized carbons (Fsp3) is 0.550. The van der Waals surface area contributed by atoms with Gasteiger partial charge in [0.15, 0.2) is 0 Å². The first-order chi connectivity index (χ1) is 29.1. The highest BCUT2D eigenvalue weighted by Gasteiger charge is 2.29. The lowest BCUT2D eigenvalue weighted by atomic mass is 9.90. The lowest BCUT2D eigenvalue weighted by molar-refractivity contribution is 0.0792. The Morgan fingerprint density at radius 2 is 0.661 bits per heavy atom. The van der Waals surface area contributed by atoms with Crippen molar-refractivity contribution in [2.75, 3.05) is 76.5 Å². The Morgan fingerprint density at radius 1 is 0.435 bits per heavy atom. The van der Waals surface area contributed by atoms with E-state index in [9.17, 15) is 69.6 Å². The quantitative estimate of drug-likeness (QED) is 0.0627. The van der Waals surface area contributed by atoms with Gasteiger partial charge in [-0.25, -0.2) is 9.59 Å². The standard InChI is InChI=1S/C40H60N6O16/c1-18(16-61-39(59)45-33-21(4)29(35(55)41-8-25(51)12-47)19(2)30(22(33)5)36(56)42-9-26(52)13-48)17-62-40(60)46-34-23(6)31(37(57)43-10-27(53)14-49)20(3)32(24(34)7)38(58)44-11-28(54)15-50/h18,25-28,47-54H,8-17H2,1-7H3,(H,41,55)(H,42,56)(H,43,57)(H,44,58)(H,45,59)(H,46,60).